The van der Waals surface area contributed by atoms with Crippen LogP contribution in [-0.2, 0) is 11.3 Å². The monoisotopic (exact) mass is 248 g/mol. The molecule has 1 aromatic carbocycles. The Balaban J connectivity index is 1.95. The molecule has 4 heteroatoms. The van der Waals surface area contributed by atoms with Crippen LogP contribution in [0.5, 0.6) is 0 Å². The SMILES string of the molecule is CC(=O)Nc1cccc(CN2CCC(CO)C2)c1. The molecule has 0 saturated carbocycles. The van der Waals surface area contributed by atoms with E-state index in [1.807, 2.05) is 18.2 Å². The molecule has 1 aliphatic rings. The van der Waals surface area contributed by atoms with Crippen LogP contribution in [-0.4, -0.2) is 35.6 Å². The third kappa shape index (κ3) is 3.55. The zero-order valence-electron chi connectivity index (χ0n) is 10.7. The third-order valence-corrected chi connectivity index (χ3v) is 3.28. The summed E-state index contributed by atoms with van der Waals surface area (Å²) in [5.41, 5.74) is 2.04. The van der Waals surface area contributed by atoms with E-state index in [0.29, 0.717) is 5.92 Å². The first-order valence-corrected chi connectivity index (χ1v) is 6.37. The van der Waals surface area contributed by atoms with Gasteiger partial charge in [0.1, 0.15) is 0 Å². The van der Waals surface area contributed by atoms with Crippen molar-refractivity contribution in [2.24, 2.45) is 5.92 Å². The lowest BCUT2D eigenvalue weighted by Gasteiger charge is -2.16. The number of likely N-dealkylation sites (tertiary alicyclic amines) is 1. The molecular formula is C14H20N2O2. The number of aliphatic hydroxyl groups excluding tert-OH is 1. The highest BCUT2D eigenvalue weighted by Crippen LogP contribution is 2.19. The molecule has 1 aliphatic heterocycles. The molecule has 1 saturated heterocycles. The van der Waals surface area contributed by atoms with Crippen molar-refractivity contribution in [2.75, 3.05) is 25.0 Å². The number of aliphatic hydroxyl groups is 1. The summed E-state index contributed by atoms with van der Waals surface area (Å²) in [6.07, 6.45) is 1.07. The molecule has 4 nitrogen and oxygen atoms in total. The minimum Gasteiger partial charge on any atom is -0.396 e. The predicted molar refractivity (Wildman–Crippen MR) is 71.2 cm³/mol. The van der Waals surface area contributed by atoms with Gasteiger partial charge in [0.05, 0.1) is 0 Å². The van der Waals surface area contributed by atoms with Gasteiger partial charge < -0.3 is 10.4 Å². The number of nitrogens with zero attached hydrogens (tertiary/aromatic N) is 1. The summed E-state index contributed by atoms with van der Waals surface area (Å²) in [4.78, 5) is 13.3. The van der Waals surface area contributed by atoms with Crippen molar-refractivity contribution < 1.29 is 9.90 Å². The number of carbonyl (C=O) groups is 1. The molecule has 1 unspecified atom stereocenters. The van der Waals surface area contributed by atoms with Gasteiger partial charge in [-0.2, -0.15) is 0 Å². The van der Waals surface area contributed by atoms with E-state index in [1.54, 1.807) is 0 Å². The van der Waals surface area contributed by atoms with E-state index >= 15 is 0 Å². The number of benzene rings is 1. The highest BCUT2D eigenvalue weighted by atomic mass is 16.3. The van der Waals surface area contributed by atoms with Crippen molar-refractivity contribution in [2.45, 2.75) is 19.9 Å². The standard InChI is InChI=1S/C14H20N2O2/c1-11(18)15-14-4-2-3-12(7-14)8-16-6-5-13(9-16)10-17/h2-4,7,13,17H,5-6,8-10H2,1H3,(H,15,18). The van der Waals surface area contributed by atoms with E-state index in [2.05, 4.69) is 16.3 Å². The van der Waals surface area contributed by atoms with Crippen molar-refractivity contribution in [3.05, 3.63) is 29.8 Å². The van der Waals surface area contributed by atoms with Gasteiger partial charge in [-0.1, -0.05) is 12.1 Å². The van der Waals surface area contributed by atoms with Crippen molar-refractivity contribution in [1.82, 2.24) is 4.90 Å². The number of carbonyl (C=O) groups excluding carboxylic acids is 1. The summed E-state index contributed by atoms with van der Waals surface area (Å²) in [7, 11) is 0. The average molecular weight is 248 g/mol. The van der Waals surface area contributed by atoms with Gasteiger partial charge in [-0.15, -0.1) is 0 Å². The van der Waals surface area contributed by atoms with E-state index in [0.717, 1.165) is 31.7 Å². The van der Waals surface area contributed by atoms with Gasteiger partial charge in [0.2, 0.25) is 5.91 Å². The zero-order chi connectivity index (χ0) is 13.0. The minimum atomic E-state index is -0.0475. The molecule has 18 heavy (non-hydrogen) atoms. The molecule has 0 aliphatic carbocycles. The van der Waals surface area contributed by atoms with Gasteiger partial charge in [-0.25, -0.2) is 0 Å². The van der Waals surface area contributed by atoms with Crippen LogP contribution < -0.4 is 5.32 Å². The molecule has 0 spiro atoms. The van der Waals surface area contributed by atoms with E-state index in [1.165, 1.54) is 12.5 Å². The smallest absolute Gasteiger partial charge is 0.221 e. The molecule has 98 valence electrons. The molecule has 2 N–H and O–H groups in total. The summed E-state index contributed by atoms with van der Waals surface area (Å²) >= 11 is 0. The largest absolute Gasteiger partial charge is 0.396 e. The van der Waals surface area contributed by atoms with Gasteiger partial charge in [-0.3, -0.25) is 9.69 Å². The summed E-state index contributed by atoms with van der Waals surface area (Å²) in [5.74, 6) is 0.372. The predicted octanol–water partition coefficient (Wildman–Crippen LogP) is 1.46. The maximum Gasteiger partial charge on any atom is 0.221 e. The number of nitrogens with one attached hydrogen (secondary N) is 1. The second-order valence-corrected chi connectivity index (χ2v) is 4.95. The quantitative estimate of drug-likeness (QED) is 0.848. The van der Waals surface area contributed by atoms with Gasteiger partial charge in [0.25, 0.3) is 0 Å². The number of hydrogen-bond acceptors (Lipinski definition) is 3. The van der Waals surface area contributed by atoms with Crippen LogP contribution >= 0.6 is 0 Å². The second-order valence-electron chi connectivity index (χ2n) is 4.95. The Morgan fingerprint density at radius 2 is 2.39 bits per heavy atom. The highest BCUT2D eigenvalue weighted by molar-refractivity contribution is 5.88. The molecular weight excluding hydrogens is 228 g/mol. The Bertz CT molecular complexity index is 420. The highest BCUT2D eigenvalue weighted by Gasteiger charge is 2.21. The molecule has 0 bridgehead atoms. The Kier molecular flexibility index (Phi) is 4.33. The fraction of sp³-hybridized carbons (Fsp3) is 0.500. The summed E-state index contributed by atoms with van der Waals surface area (Å²) in [6, 6.07) is 7.93. The number of amides is 1. The molecule has 0 radical (unpaired) electrons. The third-order valence-electron chi connectivity index (χ3n) is 3.28. The molecule has 1 atom stereocenters. The van der Waals surface area contributed by atoms with E-state index in [4.69, 9.17) is 5.11 Å². The number of hydrogen-bond donors (Lipinski definition) is 2. The molecule has 2 rings (SSSR count). The Labute approximate surface area is 108 Å². The van der Waals surface area contributed by atoms with Gasteiger partial charge in [0.15, 0.2) is 0 Å². The van der Waals surface area contributed by atoms with Crippen LogP contribution in [0, 0.1) is 5.92 Å². The number of anilines is 1. The van der Waals surface area contributed by atoms with Crippen LogP contribution in [0.3, 0.4) is 0 Å². The van der Waals surface area contributed by atoms with Gasteiger partial charge in [0, 0.05) is 32.3 Å². The minimum absolute atomic E-state index is 0.0475. The van der Waals surface area contributed by atoms with E-state index in [9.17, 15) is 4.79 Å². The van der Waals surface area contributed by atoms with Crippen molar-refractivity contribution in [3.63, 3.8) is 0 Å². The maximum atomic E-state index is 11.0. The molecule has 0 aromatic heterocycles. The van der Waals surface area contributed by atoms with Gasteiger partial charge in [-0.05, 0) is 36.6 Å². The summed E-state index contributed by atoms with van der Waals surface area (Å²) in [5, 5.41) is 11.9. The lowest BCUT2D eigenvalue weighted by atomic mass is 10.1. The van der Waals surface area contributed by atoms with Crippen molar-refractivity contribution in [1.29, 1.82) is 0 Å². The Morgan fingerprint density at radius 3 is 3.06 bits per heavy atom. The van der Waals surface area contributed by atoms with Crippen LogP contribution in [0.25, 0.3) is 0 Å². The lowest BCUT2D eigenvalue weighted by molar-refractivity contribution is -0.114. The lowest BCUT2D eigenvalue weighted by Crippen LogP contribution is -2.21. The van der Waals surface area contributed by atoms with Gasteiger partial charge >= 0.3 is 0 Å². The van der Waals surface area contributed by atoms with Crippen LogP contribution in [0.15, 0.2) is 24.3 Å². The van der Waals surface area contributed by atoms with Crippen LogP contribution in [0.1, 0.15) is 18.9 Å². The topological polar surface area (TPSA) is 52.6 Å². The van der Waals surface area contributed by atoms with Crippen molar-refractivity contribution in [3.8, 4) is 0 Å². The first-order valence-electron chi connectivity index (χ1n) is 6.37. The normalized spacial score (nSPS) is 20.0. The Morgan fingerprint density at radius 1 is 1.56 bits per heavy atom. The molecule has 1 fully saturated rings. The Hall–Kier alpha value is -1.39. The van der Waals surface area contributed by atoms with E-state index < -0.39 is 0 Å². The van der Waals surface area contributed by atoms with Crippen molar-refractivity contribution >= 4 is 11.6 Å². The fourth-order valence-corrected chi connectivity index (χ4v) is 2.41. The summed E-state index contributed by atoms with van der Waals surface area (Å²) < 4.78 is 0. The second kappa shape index (κ2) is 5.98. The first-order chi connectivity index (χ1) is 8.67. The summed E-state index contributed by atoms with van der Waals surface area (Å²) in [6.45, 7) is 4.67. The average Bonchev–Trinajstić information content (AvgIpc) is 2.76. The fourth-order valence-electron chi connectivity index (χ4n) is 2.41. The number of rotatable bonds is 4. The maximum absolute atomic E-state index is 11.0. The first kappa shape index (κ1) is 13.1. The molecule has 1 aromatic rings. The zero-order valence-corrected chi connectivity index (χ0v) is 10.7. The van der Waals surface area contributed by atoms with Crippen LogP contribution in [0.2, 0.25) is 0 Å². The van der Waals surface area contributed by atoms with Crippen LogP contribution in [0.4, 0.5) is 5.69 Å². The van der Waals surface area contributed by atoms with E-state index in [-0.39, 0.29) is 12.5 Å². The molecule has 1 amide bonds. The molecule has 1 heterocycles.